The molecular formula is C16H21NO4. The van der Waals surface area contributed by atoms with Crippen molar-refractivity contribution in [1.29, 1.82) is 0 Å². The highest BCUT2D eigenvalue weighted by molar-refractivity contribution is 5.85. The van der Waals surface area contributed by atoms with Gasteiger partial charge in [-0.2, -0.15) is 0 Å². The number of hydrogen-bond donors (Lipinski definition) is 1. The summed E-state index contributed by atoms with van der Waals surface area (Å²) >= 11 is 0. The van der Waals surface area contributed by atoms with Gasteiger partial charge in [0.25, 0.3) is 0 Å². The van der Waals surface area contributed by atoms with Crippen molar-refractivity contribution in [3.05, 3.63) is 35.9 Å². The molecule has 1 fully saturated rings. The monoisotopic (exact) mass is 291 g/mol. The summed E-state index contributed by atoms with van der Waals surface area (Å²) < 4.78 is 11.4. The van der Waals surface area contributed by atoms with Crippen LogP contribution < -0.4 is 4.74 Å². The van der Waals surface area contributed by atoms with Crippen molar-refractivity contribution in [2.24, 2.45) is 0 Å². The van der Waals surface area contributed by atoms with Crippen molar-refractivity contribution in [2.45, 2.75) is 13.0 Å². The molecule has 0 bridgehead atoms. The molecule has 114 valence electrons. The second-order valence-electron chi connectivity index (χ2n) is 4.94. The molecule has 1 atom stereocenters. The zero-order chi connectivity index (χ0) is 15.1. The second-order valence-corrected chi connectivity index (χ2v) is 4.94. The number of hydrogen-bond acceptors (Lipinski definition) is 4. The normalized spacial score (nSPS) is 19.8. The molecule has 1 saturated heterocycles. The summed E-state index contributed by atoms with van der Waals surface area (Å²) in [5, 5.41) is 8.63. The number of likely N-dealkylation sites (N-methyl/N-ethyl adjacent to an activating group) is 1. The van der Waals surface area contributed by atoms with Gasteiger partial charge in [0, 0.05) is 19.2 Å². The van der Waals surface area contributed by atoms with Crippen LogP contribution >= 0.6 is 0 Å². The summed E-state index contributed by atoms with van der Waals surface area (Å²) in [4.78, 5) is 12.8. The summed E-state index contributed by atoms with van der Waals surface area (Å²) in [6.45, 7) is 6.26. The highest BCUT2D eigenvalue weighted by Crippen LogP contribution is 2.16. The first-order valence-corrected chi connectivity index (χ1v) is 7.15. The van der Waals surface area contributed by atoms with E-state index in [0.717, 1.165) is 43.6 Å². The van der Waals surface area contributed by atoms with Crippen LogP contribution in [0.5, 0.6) is 5.75 Å². The van der Waals surface area contributed by atoms with Crippen LogP contribution in [0.3, 0.4) is 0 Å². The molecule has 0 amide bonds. The Labute approximate surface area is 124 Å². The lowest BCUT2D eigenvalue weighted by molar-refractivity contribution is -0.131. The minimum absolute atomic E-state index is 0.0805. The van der Waals surface area contributed by atoms with Crippen molar-refractivity contribution in [3.63, 3.8) is 0 Å². The topological polar surface area (TPSA) is 59.0 Å². The first kappa shape index (κ1) is 15.5. The number of carbonyl (C=O) groups is 1. The summed E-state index contributed by atoms with van der Waals surface area (Å²) in [6, 6.07) is 7.36. The van der Waals surface area contributed by atoms with Crippen molar-refractivity contribution >= 4 is 12.0 Å². The highest BCUT2D eigenvalue weighted by Gasteiger charge is 2.19. The van der Waals surface area contributed by atoms with Gasteiger partial charge >= 0.3 is 5.97 Å². The molecule has 21 heavy (non-hydrogen) atoms. The lowest BCUT2D eigenvalue weighted by Gasteiger charge is -2.31. The Bertz CT molecular complexity index is 501. The van der Waals surface area contributed by atoms with Gasteiger partial charge in [0.1, 0.15) is 18.5 Å². The lowest BCUT2D eigenvalue weighted by Crippen LogP contribution is -2.44. The average molecular weight is 291 g/mol. The molecule has 0 aromatic heterocycles. The molecule has 2 rings (SSSR count). The minimum atomic E-state index is -0.961. The molecule has 0 spiro atoms. The Hall–Kier alpha value is -1.85. The molecule has 1 N–H and O–H groups in total. The second kappa shape index (κ2) is 7.81. The van der Waals surface area contributed by atoms with E-state index in [4.69, 9.17) is 14.6 Å². The van der Waals surface area contributed by atoms with Crippen LogP contribution in [0.2, 0.25) is 0 Å². The molecule has 0 radical (unpaired) electrons. The maximum Gasteiger partial charge on any atom is 0.328 e. The van der Waals surface area contributed by atoms with Crippen LogP contribution in [0.15, 0.2) is 30.3 Å². The van der Waals surface area contributed by atoms with E-state index in [1.54, 1.807) is 6.08 Å². The van der Waals surface area contributed by atoms with Gasteiger partial charge in [0.05, 0.1) is 6.61 Å². The van der Waals surface area contributed by atoms with E-state index in [-0.39, 0.29) is 6.10 Å². The minimum Gasteiger partial charge on any atom is -0.491 e. The third-order valence-electron chi connectivity index (χ3n) is 3.38. The largest absolute Gasteiger partial charge is 0.491 e. The third-order valence-corrected chi connectivity index (χ3v) is 3.38. The first-order chi connectivity index (χ1) is 10.2. The van der Waals surface area contributed by atoms with E-state index in [9.17, 15) is 4.79 Å². The number of carboxylic acid groups (broad SMARTS) is 1. The van der Waals surface area contributed by atoms with Crippen molar-refractivity contribution in [3.8, 4) is 5.75 Å². The van der Waals surface area contributed by atoms with Gasteiger partial charge in [-0.25, -0.2) is 4.79 Å². The van der Waals surface area contributed by atoms with Crippen LogP contribution in [-0.4, -0.2) is 54.9 Å². The van der Waals surface area contributed by atoms with Gasteiger partial charge in [-0.15, -0.1) is 0 Å². The molecule has 1 aromatic carbocycles. The van der Waals surface area contributed by atoms with Crippen molar-refractivity contribution < 1.29 is 19.4 Å². The predicted octanol–water partition coefficient (Wildman–Crippen LogP) is 1.88. The number of carboxylic acids is 1. The van der Waals surface area contributed by atoms with E-state index in [1.165, 1.54) is 0 Å². The summed E-state index contributed by atoms with van der Waals surface area (Å²) in [5.74, 6) is -0.239. The number of nitrogens with zero attached hydrogens (tertiary/aromatic N) is 1. The number of ether oxygens (including phenoxy) is 2. The van der Waals surface area contributed by atoms with Crippen molar-refractivity contribution in [1.82, 2.24) is 4.90 Å². The standard InChI is InChI=1S/C16H21NO4/c1-2-17-8-9-20-15(11-17)12-21-14-5-3-4-13(10-14)6-7-16(18)19/h3-7,10,15H,2,8-9,11-12H2,1H3,(H,18,19). The van der Waals surface area contributed by atoms with Gasteiger partial charge in [-0.05, 0) is 30.3 Å². The van der Waals surface area contributed by atoms with Gasteiger partial charge in [-0.3, -0.25) is 4.90 Å². The number of rotatable bonds is 6. The number of morpholine rings is 1. The lowest BCUT2D eigenvalue weighted by atomic mass is 10.2. The quantitative estimate of drug-likeness (QED) is 0.811. The molecule has 1 unspecified atom stereocenters. The highest BCUT2D eigenvalue weighted by atomic mass is 16.5. The molecule has 1 heterocycles. The van der Waals surface area contributed by atoms with E-state index < -0.39 is 5.97 Å². The SMILES string of the molecule is CCN1CCOC(COc2cccc(C=CC(=O)O)c2)C1. The zero-order valence-corrected chi connectivity index (χ0v) is 12.2. The predicted molar refractivity (Wildman–Crippen MR) is 80.5 cm³/mol. The molecule has 1 aliphatic rings. The van der Waals surface area contributed by atoms with Crippen LogP contribution in [0.4, 0.5) is 0 Å². The van der Waals surface area contributed by atoms with Gasteiger partial charge < -0.3 is 14.6 Å². The first-order valence-electron chi connectivity index (χ1n) is 7.15. The maximum absolute atomic E-state index is 10.5. The molecule has 1 aromatic rings. The average Bonchev–Trinajstić information content (AvgIpc) is 2.51. The molecular weight excluding hydrogens is 270 g/mol. The zero-order valence-electron chi connectivity index (χ0n) is 12.2. The third kappa shape index (κ3) is 5.21. The number of benzene rings is 1. The molecule has 5 nitrogen and oxygen atoms in total. The van der Waals surface area contributed by atoms with Crippen LogP contribution in [0, 0.1) is 0 Å². The fourth-order valence-corrected chi connectivity index (χ4v) is 2.23. The molecule has 5 heteroatoms. The summed E-state index contributed by atoms with van der Waals surface area (Å²) in [5.41, 5.74) is 0.801. The fourth-order valence-electron chi connectivity index (χ4n) is 2.23. The van der Waals surface area contributed by atoms with E-state index in [2.05, 4.69) is 11.8 Å². The van der Waals surface area contributed by atoms with Crippen LogP contribution in [0.25, 0.3) is 6.08 Å². The Kier molecular flexibility index (Phi) is 5.78. The van der Waals surface area contributed by atoms with Crippen molar-refractivity contribution in [2.75, 3.05) is 32.8 Å². The number of aliphatic carboxylic acids is 1. The smallest absolute Gasteiger partial charge is 0.328 e. The molecule has 0 aliphatic carbocycles. The maximum atomic E-state index is 10.5. The van der Waals surface area contributed by atoms with Gasteiger partial charge in [-0.1, -0.05) is 19.1 Å². The van der Waals surface area contributed by atoms with Crippen LogP contribution in [-0.2, 0) is 9.53 Å². The molecule has 0 saturated carbocycles. The van der Waals surface area contributed by atoms with E-state index in [1.807, 2.05) is 24.3 Å². The Balaban J connectivity index is 1.88. The van der Waals surface area contributed by atoms with Crippen LogP contribution in [0.1, 0.15) is 12.5 Å². The molecule has 1 aliphatic heterocycles. The van der Waals surface area contributed by atoms with E-state index in [0.29, 0.717) is 6.61 Å². The Morgan fingerprint density at radius 1 is 1.57 bits per heavy atom. The van der Waals surface area contributed by atoms with Gasteiger partial charge in [0.15, 0.2) is 0 Å². The Morgan fingerprint density at radius 2 is 2.43 bits per heavy atom. The van der Waals surface area contributed by atoms with Gasteiger partial charge in [0.2, 0.25) is 0 Å². The van der Waals surface area contributed by atoms with E-state index >= 15 is 0 Å². The Morgan fingerprint density at radius 3 is 3.19 bits per heavy atom. The fraction of sp³-hybridized carbons (Fsp3) is 0.438. The summed E-state index contributed by atoms with van der Waals surface area (Å²) in [7, 11) is 0. The summed E-state index contributed by atoms with van der Waals surface area (Å²) in [6.07, 6.45) is 2.74.